The Morgan fingerprint density at radius 2 is 1.55 bits per heavy atom. The van der Waals surface area contributed by atoms with Gasteiger partial charge in [-0.3, -0.25) is 14.4 Å². The van der Waals surface area contributed by atoms with Crippen molar-refractivity contribution >= 4 is 24.0 Å². The molecular formula is C48H79NO18. The van der Waals surface area contributed by atoms with E-state index in [1.54, 1.807) is 66.6 Å². The molecular weight excluding hydrogens is 879 g/mol. The van der Waals surface area contributed by atoms with Crippen LogP contribution in [0.4, 0.5) is 0 Å². The van der Waals surface area contributed by atoms with Crippen molar-refractivity contribution in [2.24, 2.45) is 23.7 Å². The van der Waals surface area contributed by atoms with E-state index in [1.165, 1.54) is 34.1 Å². The number of ketones is 1. The zero-order valence-corrected chi connectivity index (χ0v) is 41.6. The van der Waals surface area contributed by atoms with Crippen LogP contribution in [-0.4, -0.2) is 188 Å². The average Bonchev–Trinajstić information content (AvgIpc) is 3.25. The third kappa shape index (κ3) is 14.6. The van der Waals surface area contributed by atoms with Crippen LogP contribution in [0.5, 0.6) is 0 Å². The lowest BCUT2D eigenvalue weighted by Crippen LogP contribution is -2.66. The summed E-state index contributed by atoms with van der Waals surface area (Å²) < 4.78 is 61.2. The van der Waals surface area contributed by atoms with Gasteiger partial charge in [0.25, 0.3) is 0 Å². The normalized spacial score (nSPS) is 44.3. The second-order valence-corrected chi connectivity index (χ2v) is 19.3. The van der Waals surface area contributed by atoms with Crippen LogP contribution in [0.15, 0.2) is 23.8 Å². The number of nitrogens with zero attached hydrogens (tertiary/aromatic N) is 1. The summed E-state index contributed by atoms with van der Waals surface area (Å²) in [5.41, 5.74) is -0.849. The molecule has 0 aromatic heterocycles. The molecule has 0 aromatic carbocycles. The zero-order chi connectivity index (χ0) is 50.1. The summed E-state index contributed by atoms with van der Waals surface area (Å²) in [7, 11) is 6.44. The number of rotatable bonds is 14. The molecule has 19 nitrogen and oxygen atoms in total. The van der Waals surface area contributed by atoms with Crippen molar-refractivity contribution in [1.82, 2.24) is 4.90 Å². The fourth-order valence-corrected chi connectivity index (χ4v) is 9.80. The molecule has 3 fully saturated rings. The van der Waals surface area contributed by atoms with Crippen molar-refractivity contribution in [3.63, 3.8) is 0 Å². The molecule has 3 saturated heterocycles. The Kier molecular flexibility index (Phi) is 21.5. The Balaban J connectivity index is 1.68. The van der Waals surface area contributed by atoms with Gasteiger partial charge in [0, 0.05) is 51.7 Å². The largest absolute Gasteiger partial charge is 0.462 e. The summed E-state index contributed by atoms with van der Waals surface area (Å²) in [6.45, 7) is 14.8. The van der Waals surface area contributed by atoms with Crippen molar-refractivity contribution in [2.75, 3.05) is 34.9 Å². The Morgan fingerprint density at radius 1 is 0.896 bits per heavy atom. The van der Waals surface area contributed by atoms with Crippen molar-refractivity contribution in [1.29, 1.82) is 0 Å². The van der Waals surface area contributed by atoms with Gasteiger partial charge in [0.2, 0.25) is 0 Å². The van der Waals surface area contributed by atoms with Crippen LogP contribution in [-0.2, 0) is 66.5 Å². The third-order valence-corrected chi connectivity index (χ3v) is 13.7. The van der Waals surface area contributed by atoms with E-state index in [0.717, 1.165) is 0 Å². The molecule has 4 aliphatic heterocycles. The molecule has 0 aliphatic carbocycles. The summed E-state index contributed by atoms with van der Waals surface area (Å²) in [5.74, 6) is -4.40. The highest BCUT2D eigenvalue weighted by Gasteiger charge is 2.53. The van der Waals surface area contributed by atoms with Gasteiger partial charge in [0.05, 0.1) is 55.2 Å². The lowest BCUT2D eigenvalue weighted by atomic mass is 9.79. The fraction of sp³-hybridized carbons (Fsp3) is 0.833. The molecule has 384 valence electrons. The van der Waals surface area contributed by atoms with Gasteiger partial charge >= 0.3 is 11.9 Å². The maximum atomic E-state index is 13.9. The average molecular weight is 958 g/mol. The number of carbonyl (C=O) groups is 4. The van der Waals surface area contributed by atoms with Gasteiger partial charge in [-0.15, -0.1) is 0 Å². The minimum atomic E-state index is -1.52. The number of aliphatic hydroxyl groups is 4. The lowest BCUT2D eigenvalue weighted by Gasteiger charge is -2.50. The smallest absolute Gasteiger partial charge is 0.308 e. The molecule has 4 N–H and O–H groups in total. The van der Waals surface area contributed by atoms with Crippen LogP contribution in [0, 0.1) is 23.7 Å². The summed E-state index contributed by atoms with van der Waals surface area (Å²) in [5, 5.41) is 44.1. The van der Waals surface area contributed by atoms with Gasteiger partial charge in [-0.2, -0.15) is 0 Å². The van der Waals surface area contributed by atoms with E-state index < -0.39 is 146 Å². The van der Waals surface area contributed by atoms with Gasteiger partial charge in [0.1, 0.15) is 42.9 Å². The summed E-state index contributed by atoms with van der Waals surface area (Å²) in [6, 6.07) is -0.745. The maximum absolute atomic E-state index is 13.9. The first-order valence-electron chi connectivity index (χ1n) is 23.6. The van der Waals surface area contributed by atoms with Crippen LogP contribution in [0.2, 0.25) is 0 Å². The number of carbonyl (C=O) groups excluding carboxylic acids is 4. The number of cyclic esters (lactones) is 1. The van der Waals surface area contributed by atoms with Crippen molar-refractivity contribution in [3.05, 3.63) is 23.8 Å². The van der Waals surface area contributed by atoms with Crippen LogP contribution in [0.25, 0.3) is 0 Å². The molecule has 4 aliphatic rings. The Bertz CT molecular complexity index is 1670. The second-order valence-electron chi connectivity index (χ2n) is 19.3. The van der Waals surface area contributed by atoms with Crippen LogP contribution < -0.4 is 0 Å². The number of allylic oxidation sites excluding steroid dienone is 3. The first kappa shape index (κ1) is 56.8. The Hall–Kier alpha value is -2.76. The fourth-order valence-electron chi connectivity index (χ4n) is 9.80. The molecule has 0 spiro atoms. The summed E-state index contributed by atoms with van der Waals surface area (Å²) in [6.07, 6.45) is -8.74. The number of hydrogen-bond acceptors (Lipinski definition) is 19. The Morgan fingerprint density at radius 3 is 2.13 bits per heavy atom. The van der Waals surface area contributed by atoms with Crippen molar-refractivity contribution < 1.29 is 87.0 Å². The third-order valence-electron chi connectivity index (χ3n) is 13.7. The predicted molar refractivity (Wildman–Crippen MR) is 240 cm³/mol. The molecule has 21 atom stereocenters. The number of aliphatic hydroxyl groups excluding tert-OH is 3. The molecule has 4 heterocycles. The van der Waals surface area contributed by atoms with Crippen LogP contribution in [0.3, 0.4) is 0 Å². The lowest BCUT2D eigenvalue weighted by molar-refractivity contribution is -0.342. The maximum Gasteiger partial charge on any atom is 0.308 e. The highest BCUT2D eigenvalue weighted by Crippen LogP contribution is 2.38. The molecule has 0 amide bonds. The topological polar surface area (TPSA) is 245 Å². The monoisotopic (exact) mass is 958 g/mol. The number of methoxy groups -OCH3 is 2. The van der Waals surface area contributed by atoms with Gasteiger partial charge < -0.3 is 77.5 Å². The molecule has 0 bridgehead atoms. The number of ether oxygens (including phenoxy) is 10. The van der Waals surface area contributed by atoms with Crippen molar-refractivity contribution in [3.8, 4) is 0 Å². The highest BCUT2D eigenvalue weighted by molar-refractivity contribution is 5.91. The van der Waals surface area contributed by atoms with Gasteiger partial charge in [0.15, 0.2) is 30.8 Å². The molecule has 0 unspecified atom stereocenters. The Labute approximate surface area is 395 Å². The van der Waals surface area contributed by atoms with E-state index in [4.69, 9.17) is 47.4 Å². The van der Waals surface area contributed by atoms with Crippen LogP contribution in [0.1, 0.15) is 94.4 Å². The first-order valence-corrected chi connectivity index (χ1v) is 23.6. The first-order chi connectivity index (χ1) is 31.5. The number of aldehydes is 1. The minimum Gasteiger partial charge on any atom is -0.462 e. The van der Waals surface area contributed by atoms with E-state index in [0.29, 0.717) is 18.3 Å². The molecule has 0 saturated carbocycles. The molecule has 19 heteroatoms. The number of hydrogen-bond donors (Lipinski definition) is 4. The van der Waals surface area contributed by atoms with E-state index in [2.05, 4.69) is 0 Å². The second kappa shape index (κ2) is 25.4. The van der Waals surface area contributed by atoms with Gasteiger partial charge in [-0.1, -0.05) is 38.5 Å². The predicted octanol–water partition coefficient (Wildman–Crippen LogP) is 2.40. The number of likely N-dealkylation sites (N-methyl/N-ethyl adjacent to an activating group) is 1. The minimum absolute atomic E-state index is 0.0206. The van der Waals surface area contributed by atoms with E-state index in [1.807, 2.05) is 13.0 Å². The SMILES string of the molecule is CC[C@@H]1OC(=O)C[C@@H](O)[C@H](C)[C@@H](O[C@@H]2O[C@H](C)[C@@H](O[C@H]3C[C@@](C)(O)[C@@H](O)[C@H](C)O3)[C@H](N(C)C)[C@H]2OC(C)=O)[C@@H](CC=O)C[C@@H](C)C(=O)/C=C/C(C)=C/[C@@H]1CO[C@@H]1O[C@H](C)[C@@H](O)[C@@H](OC)[C@H]1OC. The molecule has 0 aromatic rings. The van der Waals surface area contributed by atoms with E-state index >= 15 is 0 Å². The molecule has 0 radical (unpaired) electrons. The molecule has 67 heavy (non-hydrogen) atoms. The van der Waals surface area contributed by atoms with E-state index in [-0.39, 0.29) is 31.7 Å². The summed E-state index contributed by atoms with van der Waals surface area (Å²) in [4.78, 5) is 54.7. The highest BCUT2D eigenvalue weighted by atomic mass is 16.7. The standard InChI is InChI=1S/C48H79NO18/c1-14-35-32(23-60-46-44(59-13)43(58-12)39(55)27(5)62-46)19-24(2)15-16-33(52)25(3)20-31(17-18-50)40(26(4)34(53)21-36(54)65-35)67-47-42(64-30(8)51)38(49(10)11)41(28(6)63-47)66-37-22-48(9,57)45(56)29(7)61-37/h15-16,18-19,25-29,31-32,34-35,37-47,53,55-57H,14,17,20-23H2,1-13H3/b16-15+,24-19+/t25-,26+,27-,28-,29+,31+,32-,34-,35+,37+,38+,39-,40-,41-,42-,43-,44-,45+,46-,47+,48-/m1/s1. The van der Waals surface area contributed by atoms with Crippen LogP contribution >= 0.6 is 0 Å². The van der Waals surface area contributed by atoms with Crippen molar-refractivity contribution in [2.45, 2.75) is 198 Å². The molecule has 4 rings (SSSR count). The van der Waals surface area contributed by atoms with Gasteiger partial charge in [-0.25, -0.2) is 0 Å². The zero-order valence-electron chi connectivity index (χ0n) is 41.6. The van der Waals surface area contributed by atoms with Gasteiger partial charge in [-0.05, 0) is 73.5 Å². The van der Waals surface area contributed by atoms with E-state index in [9.17, 15) is 39.6 Å². The number of esters is 2. The summed E-state index contributed by atoms with van der Waals surface area (Å²) >= 11 is 0. The quantitative estimate of drug-likeness (QED) is 0.144.